The minimum Gasteiger partial charge on any atom is -1.00 e. The monoisotopic (exact) mass is 1440 g/mol. The van der Waals surface area contributed by atoms with Crippen LogP contribution >= 0.6 is 15.9 Å². The second kappa shape index (κ2) is 34.9. The van der Waals surface area contributed by atoms with Crippen LogP contribution < -0.4 is 108 Å². The maximum Gasteiger partial charge on any atom is 1.00 e. The van der Waals surface area contributed by atoms with E-state index in [1.807, 2.05) is 0 Å². The van der Waals surface area contributed by atoms with Crippen molar-refractivity contribution in [3.63, 3.8) is 0 Å². The number of Topliss-reactive ketones (excluding diaryl/α,β-unsaturated/α-hetero) is 3. The minimum atomic E-state index is -4.74. The summed E-state index contributed by atoms with van der Waals surface area (Å²) >= 11 is 2.96. The number of aliphatic hydroxyl groups is 3. The van der Waals surface area contributed by atoms with Crippen molar-refractivity contribution in [3.05, 3.63) is 213 Å². The summed E-state index contributed by atoms with van der Waals surface area (Å²) in [5.74, 6) is -3.30. The number of H-pyrrole nitrogens is 1. The quantitative estimate of drug-likeness (QED) is 0.0166. The Balaban J connectivity index is 0.000000438. The van der Waals surface area contributed by atoms with E-state index in [0.717, 1.165) is 41.9 Å². The molecule has 3 aromatic heterocycles. The van der Waals surface area contributed by atoms with Crippen molar-refractivity contribution in [2.45, 2.75) is 88.5 Å². The predicted molar refractivity (Wildman–Crippen MR) is 309 cm³/mol. The Morgan fingerprint density at radius 2 is 1.00 bits per heavy atom. The van der Waals surface area contributed by atoms with Gasteiger partial charge in [-0.3, -0.25) is 33.6 Å². The van der Waals surface area contributed by atoms with Crippen LogP contribution in [0.1, 0.15) is 55.6 Å². The SMILES string of the molecule is Fc1cccc2[nH]ncc12.O=CO[O-].[C-]#[N+]c1ccc(CC(=O)[C@@](C)(O)CBr)cc1C(F)(F)F.[C-]#[N+]c1ccc(CC(=O)[C@@](C)(O)Cn2cc3c(F)cccc3n2)cc1C(F)(F)F.[C-]#[N+]c1ccc(CC(=O)[C@@](C)(O)Cn2ncc3c(F)cccc32)cc1C(F)(F)F.[H-].[K+].[K+]. The molecule has 3 atom stereocenters. The molecule has 0 amide bonds. The van der Waals surface area contributed by atoms with Crippen molar-refractivity contribution in [3.8, 4) is 0 Å². The summed E-state index contributed by atoms with van der Waals surface area (Å²) in [7, 11) is 0. The van der Waals surface area contributed by atoms with Gasteiger partial charge in [-0.05, 0) is 73.9 Å². The van der Waals surface area contributed by atoms with Crippen LogP contribution in [0.3, 0.4) is 0 Å². The van der Waals surface area contributed by atoms with Crippen LogP contribution in [0.15, 0.2) is 128 Å². The van der Waals surface area contributed by atoms with Crippen LogP contribution in [0, 0.1) is 37.2 Å². The molecule has 0 fully saturated rings. The standard InChI is InChI=1S/2C20H15F4N3O2.C13H11BrF3NO2.C7H5FN2.CH2O3.2K.H/c1-19(29,11-27-17-5-3-4-15(21)13(17)10-26-27)18(28)9-12-6-7-16(25-2)14(8-12)20(22,23)24;1-19(29,11-27-10-13-15(21)4-3-5-16(13)26-27)18(28)9-12-6-7-17(25-2)14(8-12)20(22,23)24;1-12(20,7-14)11(19)6-8-3-4-10(18-2)9(5-8)13(15,16)17;8-6-2-1-3-7-5(6)4-9-10-7;2-1-4-3;;;/h2*3-8,10,29H,9,11H2,1H3;3-5,20H,6-7H2,1H3;1-4H,(H,9,10);1,3H;;;/q;;;;;2*+1;-1/p-1/t2*19-;12-;;;;;/m000...../s1. The molecule has 0 saturated carbocycles. The number of ketones is 3. The Hall–Kier alpha value is -6.57. The normalized spacial score (nSPS) is 12.9. The number of alkyl halides is 10. The van der Waals surface area contributed by atoms with Gasteiger partial charge in [0.05, 0.1) is 94.6 Å². The van der Waals surface area contributed by atoms with Gasteiger partial charge >= 0.3 is 121 Å². The fourth-order valence-corrected chi connectivity index (χ4v) is 8.62. The molecule has 0 aliphatic rings. The first-order chi connectivity index (χ1) is 42.9. The van der Waals surface area contributed by atoms with Gasteiger partial charge in [0.15, 0.2) is 34.4 Å². The molecule has 0 radical (unpaired) electrons. The van der Waals surface area contributed by atoms with Gasteiger partial charge in [0.1, 0.15) is 34.3 Å². The number of hydrogen-bond donors (Lipinski definition) is 4. The van der Waals surface area contributed by atoms with E-state index in [4.69, 9.17) is 29.8 Å². The molecular formula is C61H48BrF12K2N9O9. The van der Waals surface area contributed by atoms with Gasteiger partial charge in [-0.2, -0.15) is 54.8 Å². The number of carbonyl (C=O) groups is 4. The molecular weight excluding hydrogens is 1390 g/mol. The van der Waals surface area contributed by atoms with Crippen LogP contribution in [0.5, 0.6) is 0 Å². The van der Waals surface area contributed by atoms with E-state index < -0.39 is 111 Å². The zero-order valence-electron chi connectivity index (χ0n) is 50.7. The number of rotatable bonds is 15. The van der Waals surface area contributed by atoms with Crippen LogP contribution in [0.25, 0.3) is 47.2 Å². The fraction of sp³-hybridized carbons (Fsp3) is 0.246. The first-order valence-electron chi connectivity index (χ1n) is 26.0. The summed E-state index contributed by atoms with van der Waals surface area (Å²) in [6.45, 7) is 23.3. The Morgan fingerprint density at radius 3 is 1.39 bits per heavy atom. The maximum absolute atomic E-state index is 13.8. The zero-order valence-corrected chi connectivity index (χ0v) is 57.6. The number of nitrogens with one attached hydrogen (secondary N) is 1. The van der Waals surface area contributed by atoms with Gasteiger partial charge in [0.25, 0.3) is 6.47 Å². The van der Waals surface area contributed by atoms with E-state index in [1.165, 1.54) is 97.3 Å². The smallest absolute Gasteiger partial charge is 1.00 e. The Bertz CT molecular complexity index is 4280. The van der Waals surface area contributed by atoms with Crippen LogP contribution in [0.2, 0.25) is 0 Å². The molecule has 33 heteroatoms. The molecule has 0 unspecified atom stereocenters. The molecule has 0 aliphatic heterocycles. The summed E-state index contributed by atoms with van der Waals surface area (Å²) in [5, 5.41) is 54.7. The second-order valence-corrected chi connectivity index (χ2v) is 20.9. The molecule has 9 aromatic rings. The number of carbonyl (C=O) groups excluding carboxylic acids is 4. The van der Waals surface area contributed by atoms with Crippen molar-refractivity contribution in [1.29, 1.82) is 0 Å². The average molecular weight is 1440 g/mol. The van der Waals surface area contributed by atoms with E-state index in [2.05, 4.69) is 55.7 Å². The minimum absolute atomic E-state index is 0. The van der Waals surface area contributed by atoms with E-state index >= 15 is 0 Å². The number of fused-ring (bicyclic) bond motifs is 3. The largest absolute Gasteiger partial charge is 1.00 e. The van der Waals surface area contributed by atoms with Crippen molar-refractivity contribution in [1.82, 2.24) is 29.8 Å². The van der Waals surface area contributed by atoms with Crippen LogP contribution in [-0.4, -0.2) is 91.0 Å². The topological polar surface area (TPSA) is 239 Å². The van der Waals surface area contributed by atoms with Gasteiger partial charge in [-0.15, -0.1) is 0 Å². The first-order valence-corrected chi connectivity index (χ1v) is 27.1. The summed E-state index contributed by atoms with van der Waals surface area (Å²) in [4.78, 5) is 56.6. The average Bonchev–Trinajstić information content (AvgIpc) is 1.80. The summed E-state index contributed by atoms with van der Waals surface area (Å²) in [6, 6.07) is 22.5. The second-order valence-electron chi connectivity index (χ2n) is 20.4. The predicted octanol–water partition coefficient (Wildman–Crippen LogP) is 6.39. The summed E-state index contributed by atoms with van der Waals surface area (Å²) in [5.41, 5.74) is -8.93. The first kappa shape index (κ1) is 81.7. The van der Waals surface area contributed by atoms with Crippen LogP contribution in [0.4, 0.5) is 69.7 Å². The fourth-order valence-electron chi connectivity index (χ4n) is 8.30. The molecule has 0 saturated heterocycles. The molecule has 0 aliphatic carbocycles. The Kier molecular flexibility index (Phi) is 30.3. The number of halogens is 13. The van der Waals surface area contributed by atoms with E-state index in [9.17, 15) is 82.4 Å². The van der Waals surface area contributed by atoms with Gasteiger partial charge in [-0.1, -0.05) is 88.7 Å². The molecule has 6 aromatic carbocycles. The molecule has 0 bridgehead atoms. The van der Waals surface area contributed by atoms with Gasteiger partial charge in [0.2, 0.25) is 0 Å². The summed E-state index contributed by atoms with van der Waals surface area (Å²) < 4.78 is 160. The summed E-state index contributed by atoms with van der Waals surface area (Å²) in [6.07, 6.45) is -11.3. The molecule has 94 heavy (non-hydrogen) atoms. The zero-order chi connectivity index (χ0) is 68.7. The van der Waals surface area contributed by atoms with Crippen LogP contribution in [-0.2, 0) is 74.9 Å². The molecule has 484 valence electrons. The third-order valence-electron chi connectivity index (χ3n) is 13.2. The van der Waals surface area contributed by atoms with E-state index in [-0.39, 0.29) is 169 Å². The molecule has 3 heterocycles. The van der Waals surface area contributed by atoms with E-state index in [1.54, 1.807) is 24.3 Å². The maximum atomic E-state index is 13.8. The van der Waals surface area contributed by atoms with Crippen molar-refractivity contribution in [2.24, 2.45) is 0 Å². The van der Waals surface area contributed by atoms with Gasteiger partial charge < -0.3 is 26.9 Å². The van der Waals surface area contributed by atoms with Crippen molar-refractivity contribution < 1.29 is 202 Å². The number of benzene rings is 6. The van der Waals surface area contributed by atoms with Gasteiger partial charge in [-0.25, -0.2) is 27.7 Å². The molecule has 9 rings (SSSR count). The number of aromatic nitrogens is 6. The Morgan fingerprint density at radius 1 is 0.606 bits per heavy atom. The molecule has 4 N–H and O–H groups in total. The van der Waals surface area contributed by atoms with Gasteiger partial charge in [0, 0.05) is 30.8 Å². The molecule has 0 spiro atoms. The third kappa shape index (κ3) is 22.3. The number of aromatic amines is 1. The van der Waals surface area contributed by atoms with E-state index in [0.29, 0.717) is 16.4 Å². The number of hydrogen-bond acceptors (Lipinski definition) is 12. The number of nitrogens with zero attached hydrogens (tertiary/aromatic N) is 8. The molecule has 18 nitrogen and oxygen atoms in total. The van der Waals surface area contributed by atoms with Crippen molar-refractivity contribution in [2.75, 3.05) is 5.33 Å². The third-order valence-corrected chi connectivity index (χ3v) is 14.3. The van der Waals surface area contributed by atoms with Crippen molar-refractivity contribution >= 4 is 89.5 Å². The Labute approximate surface area is 620 Å².